The minimum Gasteiger partial charge on any atom is -0.388 e. The van der Waals surface area contributed by atoms with Crippen molar-refractivity contribution in [1.29, 1.82) is 0 Å². The van der Waals surface area contributed by atoms with Gasteiger partial charge in [-0.2, -0.15) is 0 Å². The molecule has 1 N–H and O–H groups in total. The van der Waals surface area contributed by atoms with Gasteiger partial charge >= 0.3 is 0 Å². The molecule has 0 aliphatic carbocycles. The monoisotopic (exact) mass is 206 g/mol. The molecule has 0 bridgehead atoms. The van der Waals surface area contributed by atoms with Crippen molar-refractivity contribution >= 4 is 0 Å². The molecule has 0 aliphatic heterocycles. The quantitative estimate of drug-likeness (QED) is 0.639. The molecule has 0 aromatic rings. The highest BCUT2D eigenvalue weighted by molar-refractivity contribution is 4.72. The average Bonchev–Trinajstić information content (AvgIpc) is 2.20. The molecule has 0 rings (SSSR count). The van der Waals surface area contributed by atoms with Crippen molar-refractivity contribution in [3.8, 4) is 0 Å². The Kier molecular flexibility index (Phi) is 8.08. The van der Waals surface area contributed by atoms with Gasteiger partial charge in [0.25, 0.3) is 0 Å². The predicted octanol–water partition coefficient (Wildman–Crippen LogP) is 0.824. The lowest BCUT2D eigenvalue weighted by Crippen LogP contribution is -2.35. The second kappa shape index (κ2) is 8.17. The molecular formula is C10H22O4. The molecule has 0 heterocycles. The first-order valence-electron chi connectivity index (χ1n) is 4.92. The summed E-state index contributed by atoms with van der Waals surface area (Å²) in [5.41, 5.74) is 0. The molecule has 0 fully saturated rings. The second-order valence-electron chi connectivity index (χ2n) is 3.30. The highest BCUT2D eigenvalue weighted by Crippen LogP contribution is 2.12. The molecule has 4 nitrogen and oxygen atoms in total. The third-order valence-corrected chi connectivity index (χ3v) is 2.35. The molecule has 0 spiro atoms. The van der Waals surface area contributed by atoms with Crippen LogP contribution in [0.5, 0.6) is 0 Å². The summed E-state index contributed by atoms with van der Waals surface area (Å²) in [5, 5.41) is 9.64. The van der Waals surface area contributed by atoms with Gasteiger partial charge in [-0.1, -0.05) is 6.92 Å². The van der Waals surface area contributed by atoms with Gasteiger partial charge < -0.3 is 19.3 Å². The lowest BCUT2D eigenvalue weighted by atomic mass is 10.1. The molecule has 0 aromatic carbocycles. The van der Waals surface area contributed by atoms with Crippen molar-refractivity contribution in [2.75, 3.05) is 27.9 Å². The molecule has 86 valence electrons. The van der Waals surface area contributed by atoms with Crippen LogP contribution in [-0.2, 0) is 14.2 Å². The fraction of sp³-hybridized carbons (Fsp3) is 1.00. The molecule has 3 atom stereocenters. The highest BCUT2D eigenvalue weighted by atomic mass is 16.5. The average molecular weight is 206 g/mol. The Hall–Kier alpha value is -0.160. The minimum atomic E-state index is -0.589. The molecule has 4 heteroatoms. The topological polar surface area (TPSA) is 47.9 Å². The van der Waals surface area contributed by atoms with Gasteiger partial charge in [0.05, 0.1) is 18.8 Å². The zero-order valence-electron chi connectivity index (χ0n) is 9.53. The van der Waals surface area contributed by atoms with E-state index in [-0.39, 0.29) is 12.2 Å². The van der Waals surface area contributed by atoms with Crippen LogP contribution in [0.3, 0.4) is 0 Å². The van der Waals surface area contributed by atoms with E-state index in [0.29, 0.717) is 13.0 Å². The summed E-state index contributed by atoms with van der Waals surface area (Å²) < 4.78 is 15.3. The molecule has 1 unspecified atom stereocenters. The SMILES string of the molecule is CCC(C[C@H](OC)[C@H](O)COC)OC. The molecule has 0 saturated carbocycles. The van der Waals surface area contributed by atoms with E-state index in [2.05, 4.69) is 0 Å². The second-order valence-corrected chi connectivity index (χ2v) is 3.30. The van der Waals surface area contributed by atoms with E-state index in [1.54, 1.807) is 21.3 Å². The van der Waals surface area contributed by atoms with Gasteiger partial charge in [-0.15, -0.1) is 0 Å². The molecule has 14 heavy (non-hydrogen) atoms. The summed E-state index contributed by atoms with van der Waals surface area (Å²) in [5.74, 6) is 0. The molecule has 0 saturated heterocycles. The van der Waals surface area contributed by atoms with E-state index < -0.39 is 6.10 Å². The standard InChI is InChI=1S/C10H22O4/c1-5-8(13-3)6-10(14-4)9(11)7-12-2/h8-11H,5-7H2,1-4H3/t8?,9-,10+/m1/s1. The number of rotatable bonds is 8. The summed E-state index contributed by atoms with van der Waals surface area (Å²) in [6.07, 6.45) is 0.921. The first kappa shape index (κ1) is 13.8. The van der Waals surface area contributed by atoms with Crippen LogP contribution < -0.4 is 0 Å². The number of aliphatic hydroxyl groups is 1. The van der Waals surface area contributed by atoms with Crippen LogP contribution in [0.1, 0.15) is 19.8 Å². The highest BCUT2D eigenvalue weighted by Gasteiger charge is 2.22. The number of ether oxygens (including phenoxy) is 3. The van der Waals surface area contributed by atoms with E-state index in [4.69, 9.17) is 14.2 Å². The Morgan fingerprint density at radius 1 is 1.14 bits per heavy atom. The zero-order valence-corrected chi connectivity index (χ0v) is 9.53. The van der Waals surface area contributed by atoms with Gasteiger partial charge in [0, 0.05) is 27.8 Å². The lowest BCUT2D eigenvalue weighted by Gasteiger charge is -2.24. The first-order valence-corrected chi connectivity index (χ1v) is 4.92. The van der Waals surface area contributed by atoms with Gasteiger partial charge in [0.1, 0.15) is 6.10 Å². The lowest BCUT2D eigenvalue weighted by molar-refractivity contribution is -0.0699. The Labute approximate surface area is 86.2 Å². The van der Waals surface area contributed by atoms with Crippen LogP contribution in [0, 0.1) is 0 Å². The maximum Gasteiger partial charge on any atom is 0.103 e. The Morgan fingerprint density at radius 2 is 1.79 bits per heavy atom. The van der Waals surface area contributed by atoms with E-state index in [0.717, 1.165) is 6.42 Å². The number of hydrogen-bond acceptors (Lipinski definition) is 4. The summed E-state index contributed by atoms with van der Waals surface area (Å²) in [4.78, 5) is 0. The van der Waals surface area contributed by atoms with Crippen molar-refractivity contribution in [2.24, 2.45) is 0 Å². The molecule has 0 aromatic heterocycles. The summed E-state index contributed by atoms with van der Waals surface area (Å²) in [6, 6.07) is 0. The fourth-order valence-corrected chi connectivity index (χ4v) is 1.38. The van der Waals surface area contributed by atoms with Crippen molar-refractivity contribution in [3.05, 3.63) is 0 Å². The first-order chi connectivity index (χ1) is 6.69. The maximum atomic E-state index is 9.64. The Balaban J connectivity index is 3.98. The summed E-state index contributed by atoms with van der Waals surface area (Å²) >= 11 is 0. The van der Waals surface area contributed by atoms with Crippen LogP contribution in [0.2, 0.25) is 0 Å². The Morgan fingerprint density at radius 3 is 2.14 bits per heavy atom. The van der Waals surface area contributed by atoms with Gasteiger partial charge in [0.2, 0.25) is 0 Å². The molecule has 0 aliphatic rings. The zero-order chi connectivity index (χ0) is 11.0. The van der Waals surface area contributed by atoms with Gasteiger partial charge in [0.15, 0.2) is 0 Å². The van der Waals surface area contributed by atoms with Gasteiger partial charge in [-0.25, -0.2) is 0 Å². The summed E-state index contributed by atoms with van der Waals surface area (Å²) in [6.45, 7) is 2.34. The maximum absolute atomic E-state index is 9.64. The fourth-order valence-electron chi connectivity index (χ4n) is 1.38. The van der Waals surface area contributed by atoms with Crippen molar-refractivity contribution < 1.29 is 19.3 Å². The summed E-state index contributed by atoms with van der Waals surface area (Å²) in [7, 11) is 4.82. The van der Waals surface area contributed by atoms with Crippen molar-refractivity contribution in [3.63, 3.8) is 0 Å². The van der Waals surface area contributed by atoms with Crippen LogP contribution in [0.4, 0.5) is 0 Å². The molecule has 0 radical (unpaired) electrons. The molecular weight excluding hydrogens is 184 g/mol. The molecule has 0 amide bonds. The van der Waals surface area contributed by atoms with E-state index >= 15 is 0 Å². The number of methoxy groups -OCH3 is 3. The van der Waals surface area contributed by atoms with E-state index in [1.807, 2.05) is 6.92 Å². The van der Waals surface area contributed by atoms with Crippen LogP contribution in [0.15, 0.2) is 0 Å². The third kappa shape index (κ3) is 4.91. The predicted molar refractivity (Wildman–Crippen MR) is 54.4 cm³/mol. The van der Waals surface area contributed by atoms with Crippen molar-refractivity contribution in [2.45, 2.75) is 38.1 Å². The third-order valence-electron chi connectivity index (χ3n) is 2.35. The van der Waals surface area contributed by atoms with Crippen molar-refractivity contribution in [1.82, 2.24) is 0 Å². The smallest absolute Gasteiger partial charge is 0.103 e. The van der Waals surface area contributed by atoms with Gasteiger partial charge in [-0.05, 0) is 6.42 Å². The van der Waals surface area contributed by atoms with E-state index in [9.17, 15) is 5.11 Å². The minimum absolute atomic E-state index is 0.131. The van der Waals surface area contributed by atoms with Crippen LogP contribution >= 0.6 is 0 Å². The Bertz CT molecular complexity index is 125. The van der Waals surface area contributed by atoms with Crippen LogP contribution in [0.25, 0.3) is 0 Å². The normalized spacial score (nSPS) is 17.8. The number of hydrogen-bond donors (Lipinski definition) is 1. The van der Waals surface area contributed by atoms with Gasteiger partial charge in [-0.3, -0.25) is 0 Å². The van der Waals surface area contributed by atoms with E-state index in [1.165, 1.54) is 0 Å². The number of aliphatic hydroxyl groups excluding tert-OH is 1. The largest absolute Gasteiger partial charge is 0.388 e. The van der Waals surface area contributed by atoms with Crippen LogP contribution in [-0.4, -0.2) is 51.4 Å².